The van der Waals surface area contributed by atoms with E-state index in [0.717, 1.165) is 88.8 Å². The highest BCUT2D eigenvalue weighted by Crippen LogP contribution is 2.73. The van der Waals surface area contributed by atoms with Crippen molar-refractivity contribution >= 4 is 82.9 Å². The molecule has 0 radical (unpaired) electrons. The van der Waals surface area contributed by atoms with Crippen molar-refractivity contribution < 1.29 is 13.3 Å². The van der Waals surface area contributed by atoms with Crippen LogP contribution in [0, 0.1) is 0 Å². The maximum Gasteiger partial charge on any atom is 0.144 e. The molecule has 0 unspecified atom stereocenters. The summed E-state index contributed by atoms with van der Waals surface area (Å²) in [5, 5.41) is 7.28. The van der Waals surface area contributed by atoms with Crippen molar-refractivity contribution in [2.24, 2.45) is 0 Å². The van der Waals surface area contributed by atoms with E-state index in [1.54, 1.807) is 16.7 Å². The number of nitrogens with zero attached hydrogens (tertiary/aromatic N) is 1. The lowest BCUT2D eigenvalue weighted by Crippen LogP contribution is -2.33. The Balaban J connectivity index is 0.746. The van der Waals surface area contributed by atoms with Crippen LogP contribution < -0.4 is 4.90 Å². The first-order chi connectivity index (χ1) is 67.8. The fraction of sp³-hybridized carbons (Fsp3) is 0.284. The van der Waals surface area contributed by atoms with Crippen LogP contribution in [0.4, 0.5) is 17.1 Å². The van der Waals surface area contributed by atoms with Gasteiger partial charge in [-0.15, -0.1) is 0 Å². The third-order valence-electron chi connectivity index (χ3n) is 35.6. The van der Waals surface area contributed by atoms with E-state index in [9.17, 15) is 0 Å². The zero-order valence-electron chi connectivity index (χ0n) is 81.4. The molecule has 138 heavy (non-hydrogen) atoms. The van der Waals surface area contributed by atoms with Crippen LogP contribution in [-0.4, -0.2) is 0 Å². The zero-order chi connectivity index (χ0) is 92.5. The molecule has 680 valence electrons. The Morgan fingerprint density at radius 3 is 1.04 bits per heavy atom. The van der Waals surface area contributed by atoms with Crippen molar-refractivity contribution in [1.29, 1.82) is 0 Å². The van der Waals surface area contributed by atoms with Gasteiger partial charge >= 0.3 is 0 Å². The Morgan fingerprint density at radius 1 is 0.210 bits per heavy atom. The molecule has 3 heterocycles. The summed E-state index contributed by atoms with van der Waals surface area (Å²) in [5.74, 6) is 0. The van der Waals surface area contributed by atoms with E-state index < -0.39 is 21.7 Å². The fourth-order valence-electron chi connectivity index (χ4n) is 29.8. The molecular weight excluding hydrogens is 1670 g/mol. The number of anilines is 3. The van der Waals surface area contributed by atoms with Crippen molar-refractivity contribution in [2.45, 2.75) is 242 Å². The van der Waals surface area contributed by atoms with Crippen molar-refractivity contribution in [3.63, 3.8) is 0 Å². The first-order valence-corrected chi connectivity index (χ1v) is 52.9. The summed E-state index contributed by atoms with van der Waals surface area (Å²) in [6.07, 6.45) is 28.9. The second-order valence-electron chi connectivity index (χ2n) is 43.4. The Bertz CT molecular complexity index is 8200. The van der Waals surface area contributed by atoms with Gasteiger partial charge in [-0.3, -0.25) is 0 Å². The summed E-state index contributed by atoms with van der Waals surface area (Å²) in [5.41, 5.74) is 49.8. The molecule has 16 aromatic carbocycles. The lowest BCUT2D eigenvalue weighted by atomic mass is 9.62. The van der Waals surface area contributed by atoms with Gasteiger partial charge in [-0.25, -0.2) is 0 Å². The molecule has 4 heteroatoms. The molecule has 0 aliphatic heterocycles. The molecule has 3 aromatic heterocycles. The normalized spacial score (nSPS) is 15.7. The van der Waals surface area contributed by atoms with E-state index >= 15 is 0 Å². The smallest absolute Gasteiger partial charge is 0.144 e. The molecular formula is C134H121NO3. The number of unbranched alkanes of at least 4 members (excludes halogenated alkanes) is 16. The maximum absolute atomic E-state index is 7.91. The van der Waals surface area contributed by atoms with Crippen molar-refractivity contribution in [2.75, 3.05) is 4.90 Å². The molecule has 19 aromatic rings. The predicted molar refractivity (Wildman–Crippen MR) is 577 cm³/mol. The van der Waals surface area contributed by atoms with E-state index in [2.05, 4.69) is 358 Å². The lowest BCUT2D eigenvalue weighted by molar-refractivity contribution is 0.369. The van der Waals surface area contributed by atoms with Crippen molar-refractivity contribution in [1.82, 2.24) is 0 Å². The predicted octanol–water partition coefficient (Wildman–Crippen LogP) is 38.1. The molecule has 8 aliphatic carbocycles. The molecule has 27 rings (SSSR count). The van der Waals surface area contributed by atoms with Gasteiger partial charge in [0.15, 0.2) is 0 Å². The molecule has 0 saturated heterocycles. The van der Waals surface area contributed by atoms with Crippen LogP contribution >= 0.6 is 0 Å². The largest absolute Gasteiger partial charge is 0.456 e. The molecule has 8 aliphatic rings. The van der Waals surface area contributed by atoms with E-state index in [1.807, 2.05) is 0 Å². The molecule has 0 bridgehead atoms. The number of rotatable bonds is 27. The Hall–Kier alpha value is -13.3. The average molecular weight is 1790 g/mol. The monoisotopic (exact) mass is 1790 g/mol. The van der Waals surface area contributed by atoms with E-state index in [-0.39, 0.29) is 10.8 Å². The number of fused-ring (bicyclic) bond motifs is 48. The third kappa shape index (κ3) is 11.3. The molecule has 2 spiro atoms. The van der Waals surface area contributed by atoms with Crippen LogP contribution in [0.3, 0.4) is 0 Å². The SMILES string of the molecule is CCCCCCCC1(CCCCCCC)c2cc(N(c3ccc4c(c3)C(C)(C)c3c5c(c6c(oc7ccccc76)c3-4)-c3ccccc3C5(C)C)c3ccc4c(c3)C3(c5ccccc5-c5ccccc53)c3cc5c(cc3-4)C3(c4ccccc4-c4ccccc43)c3ccc4oc6ccccc6c4c3-5)ccc2-c2c1c1c(c3c2oc2ccccc23)-c2ccccc2C1(CCCCCCC)CCCCCCC. The second kappa shape index (κ2) is 31.6. The molecule has 0 amide bonds. The highest BCUT2D eigenvalue weighted by Gasteiger charge is 2.60. The van der Waals surface area contributed by atoms with Gasteiger partial charge in [-0.1, -0.05) is 408 Å². The van der Waals surface area contributed by atoms with E-state index in [1.165, 1.54) is 310 Å². The molecule has 0 saturated carbocycles. The zero-order valence-corrected chi connectivity index (χ0v) is 81.4. The number of hydrogen-bond acceptors (Lipinski definition) is 4. The fourth-order valence-corrected chi connectivity index (χ4v) is 29.8. The van der Waals surface area contributed by atoms with Crippen LogP contribution in [0.2, 0.25) is 0 Å². The molecule has 4 nitrogen and oxygen atoms in total. The quantitative estimate of drug-likeness (QED) is 0.0481. The summed E-state index contributed by atoms with van der Waals surface area (Å²) < 4.78 is 22.5. The number of furan rings is 3. The van der Waals surface area contributed by atoms with Crippen LogP contribution in [0.15, 0.2) is 311 Å². The number of hydrogen-bond donors (Lipinski definition) is 0. The van der Waals surface area contributed by atoms with Gasteiger partial charge in [0, 0.05) is 82.2 Å². The second-order valence-corrected chi connectivity index (χ2v) is 43.4. The standard InChI is InChI=1S/C134H121NO3/c1-9-13-17-21-43-73-131(74-44-22-18-14-10-2)100-57-35-30-52-91(100)118-120-96-55-33-42-64-113(96)138-128(120)122-93-70-67-83(78-107(93)132(126(122)125(118)131,75-45-23-19-15-11-3)76-46-24-20-16-12-4)135(82-66-69-92-106(77-82)130(7,8)124-121(92)127-119(95-54-32-41-63-112(95)137-127)117-90-51-29-34-56-99(90)129(5,6)123(117)124)84-65-68-89-97-80-110-98(81-109(97)134(108(89)79-84)103-60-38-27-49-87(103)88-50-28-39-61-104(88)134)115-105(71-72-114-116(115)94-53-31-40-62-111(94)136-114)133(110)101-58-36-25-47-85(101)86-48-26-37-59-102(86)133/h25-42,47-72,77-81H,9-24,43-46,73-76H2,1-8H3. The van der Waals surface area contributed by atoms with Gasteiger partial charge in [0.25, 0.3) is 0 Å². The Morgan fingerprint density at radius 2 is 0.536 bits per heavy atom. The van der Waals surface area contributed by atoms with Gasteiger partial charge < -0.3 is 18.2 Å². The summed E-state index contributed by atoms with van der Waals surface area (Å²) in [4.78, 5) is 2.77. The van der Waals surface area contributed by atoms with Gasteiger partial charge in [0.1, 0.15) is 33.5 Å². The van der Waals surface area contributed by atoms with Gasteiger partial charge in [0.2, 0.25) is 0 Å². The molecule has 0 fully saturated rings. The minimum absolute atomic E-state index is 0.222. The lowest BCUT2D eigenvalue weighted by Gasteiger charge is -2.40. The Kier molecular flexibility index (Phi) is 19.3. The summed E-state index contributed by atoms with van der Waals surface area (Å²) in [7, 11) is 0. The van der Waals surface area contributed by atoms with E-state index in [0.29, 0.717) is 0 Å². The maximum atomic E-state index is 7.91. The van der Waals surface area contributed by atoms with Gasteiger partial charge in [0.05, 0.1) is 10.8 Å². The summed E-state index contributed by atoms with van der Waals surface area (Å²) in [6.45, 7) is 19.6. The number of benzene rings is 16. The van der Waals surface area contributed by atoms with E-state index in [4.69, 9.17) is 13.3 Å². The number of para-hydroxylation sites is 3. The molecule has 0 atom stereocenters. The highest BCUT2D eigenvalue weighted by atomic mass is 16.3. The topological polar surface area (TPSA) is 42.7 Å². The highest BCUT2D eigenvalue weighted by molar-refractivity contribution is 6.24. The van der Waals surface area contributed by atoms with Crippen molar-refractivity contribution in [3.05, 3.63) is 386 Å². The summed E-state index contributed by atoms with van der Waals surface area (Å²) in [6, 6.07) is 118. The van der Waals surface area contributed by atoms with Gasteiger partial charge in [-0.2, -0.15) is 0 Å². The minimum atomic E-state index is -0.773. The van der Waals surface area contributed by atoms with Crippen molar-refractivity contribution in [3.8, 4) is 89.0 Å². The Labute approximate surface area is 812 Å². The first-order valence-electron chi connectivity index (χ1n) is 52.9. The van der Waals surface area contributed by atoms with Crippen LogP contribution in [-0.2, 0) is 32.5 Å². The van der Waals surface area contributed by atoms with Crippen LogP contribution in [0.1, 0.15) is 299 Å². The van der Waals surface area contributed by atoms with Crippen LogP contribution in [0.25, 0.3) is 155 Å². The molecule has 0 N–H and O–H groups in total. The minimum Gasteiger partial charge on any atom is -0.456 e. The van der Waals surface area contributed by atoms with Crippen LogP contribution in [0.5, 0.6) is 0 Å². The first kappa shape index (κ1) is 84.0. The third-order valence-corrected chi connectivity index (χ3v) is 35.6. The summed E-state index contributed by atoms with van der Waals surface area (Å²) >= 11 is 0. The average Bonchev–Trinajstić information content (AvgIpc) is 1.50. The van der Waals surface area contributed by atoms with Gasteiger partial charge in [-0.05, 0) is 265 Å².